The van der Waals surface area contributed by atoms with E-state index in [9.17, 15) is 64.0 Å². The molecular weight excluding hydrogens is 938 g/mol. The number of unbranched alkanes of at least 4 members (excludes halogenated alkanes) is 6. The number of allylic oxidation sites excluding steroid dienone is 14. The van der Waals surface area contributed by atoms with Crippen molar-refractivity contribution in [2.75, 3.05) is 13.2 Å². The van der Waals surface area contributed by atoms with Gasteiger partial charge in [0.25, 0.3) is 0 Å². The summed E-state index contributed by atoms with van der Waals surface area (Å²) in [5.74, 6) is -1.45. The average molecular weight is 1020 g/mol. The van der Waals surface area contributed by atoms with Gasteiger partial charge in [-0.1, -0.05) is 136 Å². The lowest BCUT2D eigenvalue weighted by molar-refractivity contribution is -0.216. The predicted octanol–water partition coefficient (Wildman–Crippen LogP) is 6.89. The standard InChI is InChI=1S/C49H78O18P2/c1-3-5-7-8-9-10-11-12-13-14-15-16-20-23-29-36-43(53)65-41(38-64-69(61,62)67-49-46(56)44(54)45(55)48(47(49)57)66-68(58,59)60)37-63-42(52)35-30-24-28-34-40(51)33-27-22-19-17-18-21-26-32-39(50)31-25-6-4-2/h6,9-10,12-13,15-16,18-19,21-22,25-28,32-34,39-41,44-51,54-57H,3-5,7-8,11,14,17,20,23-24,29-31,35-38H2,1-2H3,(H,61,62)(H2,58,59,60)/b10-9-,13-12-,16-15-,21-18-,22-19-,25-6-,32-26+,33-27+,34-28-/t39-,40-,41-,44?,45?,46?,47?,48-,49+/m1/s1. The second-order valence-electron chi connectivity index (χ2n) is 16.1. The number of aliphatic hydroxyl groups excluding tert-OH is 6. The van der Waals surface area contributed by atoms with E-state index in [0.29, 0.717) is 44.9 Å². The molecule has 0 saturated heterocycles. The zero-order chi connectivity index (χ0) is 51.3. The summed E-state index contributed by atoms with van der Waals surface area (Å²) in [7, 11) is -10.8. The Bertz CT molecular complexity index is 1780. The molecule has 1 aliphatic rings. The Morgan fingerprint density at radius 3 is 1.75 bits per heavy atom. The van der Waals surface area contributed by atoms with E-state index in [1.165, 1.54) is 19.3 Å². The largest absolute Gasteiger partial charge is 0.472 e. The van der Waals surface area contributed by atoms with Gasteiger partial charge in [0.1, 0.15) is 43.2 Å². The van der Waals surface area contributed by atoms with Crippen LogP contribution >= 0.6 is 15.6 Å². The fraction of sp³-hybridized carbons (Fsp3) is 0.592. The van der Waals surface area contributed by atoms with E-state index in [1.54, 1.807) is 42.5 Å². The van der Waals surface area contributed by atoms with Crippen LogP contribution in [0.5, 0.6) is 0 Å². The summed E-state index contributed by atoms with van der Waals surface area (Å²) in [5.41, 5.74) is 0. The number of carbonyl (C=O) groups excluding carboxylic acids is 2. The summed E-state index contributed by atoms with van der Waals surface area (Å²) in [6.07, 6.45) is 28.3. The molecular formula is C49H78O18P2. The highest BCUT2D eigenvalue weighted by Crippen LogP contribution is 2.49. The number of esters is 2. The number of phosphoric ester groups is 2. The van der Waals surface area contributed by atoms with E-state index in [2.05, 4.69) is 35.8 Å². The monoisotopic (exact) mass is 1020 g/mol. The third kappa shape index (κ3) is 33.0. The predicted molar refractivity (Wildman–Crippen MR) is 262 cm³/mol. The van der Waals surface area contributed by atoms with E-state index < -0.39 is 95.7 Å². The van der Waals surface area contributed by atoms with Crippen LogP contribution in [-0.2, 0) is 41.8 Å². The summed E-state index contributed by atoms with van der Waals surface area (Å²) >= 11 is 0. The van der Waals surface area contributed by atoms with Gasteiger partial charge in [-0.25, -0.2) is 9.13 Å². The van der Waals surface area contributed by atoms with Gasteiger partial charge in [-0.15, -0.1) is 0 Å². The van der Waals surface area contributed by atoms with Gasteiger partial charge in [0.15, 0.2) is 6.10 Å². The Labute approximate surface area is 407 Å². The Morgan fingerprint density at radius 2 is 1.13 bits per heavy atom. The van der Waals surface area contributed by atoms with Crippen molar-refractivity contribution >= 4 is 27.6 Å². The Hall–Kier alpha value is -3.42. The van der Waals surface area contributed by atoms with E-state index in [-0.39, 0.29) is 12.8 Å². The smallest absolute Gasteiger partial charge is 0.462 e. The lowest BCUT2D eigenvalue weighted by atomic mass is 9.85. The third-order valence-corrected chi connectivity index (χ3v) is 11.5. The highest BCUT2D eigenvalue weighted by atomic mass is 31.2. The molecule has 1 fully saturated rings. The van der Waals surface area contributed by atoms with Crippen LogP contribution in [0.4, 0.5) is 0 Å². The summed E-state index contributed by atoms with van der Waals surface area (Å²) in [6.45, 7) is 2.68. The number of aliphatic hydroxyl groups is 6. The molecule has 1 aliphatic carbocycles. The number of hydrogen-bond acceptors (Lipinski definition) is 15. The molecule has 20 heteroatoms. The lowest BCUT2D eigenvalue weighted by Gasteiger charge is -2.43. The minimum absolute atomic E-state index is 0.0548. The summed E-state index contributed by atoms with van der Waals surface area (Å²) in [5, 5.41) is 61.3. The second kappa shape index (κ2) is 38.3. The van der Waals surface area contributed by atoms with Crippen LogP contribution in [0.15, 0.2) is 109 Å². The Morgan fingerprint density at radius 1 is 0.565 bits per heavy atom. The molecule has 1 saturated carbocycles. The van der Waals surface area contributed by atoms with E-state index in [1.807, 2.05) is 49.5 Å². The van der Waals surface area contributed by atoms with Crippen LogP contribution in [0, 0.1) is 0 Å². The van der Waals surface area contributed by atoms with Crippen molar-refractivity contribution in [1.82, 2.24) is 0 Å². The molecule has 392 valence electrons. The molecule has 9 N–H and O–H groups in total. The van der Waals surface area contributed by atoms with Gasteiger partial charge in [-0.2, -0.15) is 0 Å². The molecule has 0 aliphatic heterocycles. The zero-order valence-corrected chi connectivity index (χ0v) is 41.7. The first-order valence-electron chi connectivity index (χ1n) is 23.7. The fourth-order valence-corrected chi connectivity index (χ4v) is 7.84. The van der Waals surface area contributed by atoms with Crippen LogP contribution in [0.2, 0.25) is 0 Å². The molecule has 0 aromatic rings. The first-order chi connectivity index (χ1) is 32.9. The van der Waals surface area contributed by atoms with Gasteiger partial charge in [-0.05, 0) is 77.0 Å². The van der Waals surface area contributed by atoms with Gasteiger partial charge in [-0.3, -0.25) is 23.2 Å². The number of carbonyl (C=O) groups is 2. The number of ether oxygens (including phenoxy) is 2. The molecule has 10 atom stereocenters. The van der Waals surface area contributed by atoms with Crippen molar-refractivity contribution in [3.63, 3.8) is 0 Å². The maximum Gasteiger partial charge on any atom is 0.472 e. The van der Waals surface area contributed by atoms with Crippen LogP contribution < -0.4 is 0 Å². The molecule has 0 heterocycles. The van der Waals surface area contributed by atoms with E-state index in [4.69, 9.17) is 18.5 Å². The molecule has 0 aromatic carbocycles. The number of rotatable bonds is 37. The lowest BCUT2D eigenvalue weighted by Crippen LogP contribution is -2.64. The molecule has 0 bridgehead atoms. The van der Waals surface area contributed by atoms with Crippen molar-refractivity contribution in [2.24, 2.45) is 0 Å². The molecule has 1 rings (SSSR count). The van der Waals surface area contributed by atoms with E-state index >= 15 is 0 Å². The zero-order valence-electron chi connectivity index (χ0n) is 39.9. The highest BCUT2D eigenvalue weighted by Gasteiger charge is 2.54. The minimum atomic E-state index is -5.40. The van der Waals surface area contributed by atoms with Gasteiger partial charge in [0, 0.05) is 12.8 Å². The Balaban J connectivity index is 2.73. The maximum absolute atomic E-state index is 13.0. The minimum Gasteiger partial charge on any atom is -0.462 e. The number of phosphoric acid groups is 2. The molecule has 0 aromatic heterocycles. The van der Waals surface area contributed by atoms with Gasteiger partial charge < -0.3 is 54.8 Å². The third-order valence-electron chi connectivity index (χ3n) is 10.0. The highest BCUT2D eigenvalue weighted by molar-refractivity contribution is 7.47. The summed E-state index contributed by atoms with van der Waals surface area (Å²) in [6, 6.07) is 0. The van der Waals surface area contributed by atoms with Crippen LogP contribution in [-0.4, -0.2) is 125 Å². The Kier molecular flexibility index (Phi) is 35.3. The van der Waals surface area contributed by atoms with Crippen molar-refractivity contribution in [3.8, 4) is 0 Å². The first kappa shape index (κ1) is 63.6. The maximum atomic E-state index is 13.0. The molecule has 69 heavy (non-hydrogen) atoms. The first-order valence-corrected chi connectivity index (χ1v) is 26.7. The van der Waals surface area contributed by atoms with Crippen LogP contribution in [0.1, 0.15) is 117 Å². The second-order valence-corrected chi connectivity index (χ2v) is 18.7. The quantitative estimate of drug-likeness (QED) is 0.0101. The van der Waals surface area contributed by atoms with Gasteiger partial charge >= 0.3 is 27.6 Å². The van der Waals surface area contributed by atoms with Gasteiger partial charge in [0.05, 0.1) is 18.8 Å². The summed E-state index contributed by atoms with van der Waals surface area (Å²) < 4.78 is 49.2. The molecule has 18 nitrogen and oxygen atoms in total. The van der Waals surface area contributed by atoms with Crippen molar-refractivity contribution < 1.29 is 87.1 Å². The fourth-order valence-electron chi connectivity index (χ4n) is 6.30. The van der Waals surface area contributed by atoms with Crippen LogP contribution in [0.3, 0.4) is 0 Å². The molecule has 5 unspecified atom stereocenters. The topological polar surface area (TPSA) is 296 Å². The SMILES string of the molecule is CC/C=C\C[C@@H](O)/C=C/C=C\C/C=C\C=C\[C@@H](O)/C=C\CCCC(=O)OC[C@H](COP(=O)(O)O[C@H]1C(O)C(O)C(O)[C@@H](OP(=O)(O)O)C1O)OC(=O)CCCC/C=C\C/C=C\C/C=C\CCCCC. The summed E-state index contributed by atoms with van der Waals surface area (Å²) in [4.78, 5) is 54.3. The van der Waals surface area contributed by atoms with Gasteiger partial charge in [0.2, 0.25) is 0 Å². The number of hydrogen-bond donors (Lipinski definition) is 9. The molecule has 0 spiro atoms. The molecule has 0 amide bonds. The van der Waals surface area contributed by atoms with Crippen molar-refractivity contribution in [3.05, 3.63) is 109 Å². The van der Waals surface area contributed by atoms with Crippen molar-refractivity contribution in [1.29, 1.82) is 0 Å². The normalized spacial score (nSPS) is 23.0. The van der Waals surface area contributed by atoms with Crippen molar-refractivity contribution in [2.45, 2.75) is 172 Å². The molecule has 0 radical (unpaired) electrons. The van der Waals surface area contributed by atoms with Crippen LogP contribution in [0.25, 0.3) is 0 Å². The van der Waals surface area contributed by atoms with E-state index in [0.717, 1.165) is 25.7 Å². The average Bonchev–Trinajstić information content (AvgIpc) is 3.29.